The van der Waals surface area contributed by atoms with Crippen LogP contribution < -0.4 is 15.4 Å². The van der Waals surface area contributed by atoms with E-state index in [0.29, 0.717) is 33.6 Å². The van der Waals surface area contributed by atoms with E-state index in [4.69, 9.17) is 21.7 Å². The normalized spacial score (nSPS) is 20.2. The van der Waals surface area contributed by atoms with E-state index in [1.54, 1.807) is 24.3 Å². The zero-order valence-electron chi connectivity index (χ0n) is 15.6. The van der Waals surface area contributed by atoms with Crippen molar-refractivity contribution in [1.82, 2.24) is 10.6 Å². The number of halogens is 1. The molecule has 30 heavy (non-hydrogen) atoms. The molecule has 0 aromatic heterocycles. The highest BCUT2D eigenvalue weighted by atomic mass is 32.2. The number of amides is 2. The van der Waals surface area contributed by atoms with Gasteiger partial charge < -0.3 is 20.1 Å². The van der Waals surface area contributed by atoms with Crippen molar-refractivity contribution in [3.8, 4) is 11.5 Å². The van der Waals surface area contributed by atoms with Crippen LogP contribution in [0.15, 0.2) is 47.4 Å². The maximum absolute atomic E-state index is 14.5. The van der Waals surface area contributed by atoms with Crippen LogP contribution >= 0.6 is 24.0 Å². The van der Waals surface area contributed by atoms with Gasteiger partial charge in [0.2, 0.25) is 5.91 Å². The van der Waals surface area contributed by atoms with Crippen LogP contribution in [0.4, 0.5) is 4.39 Å². The summed E-state index contributed by atoms with van der Waals surface area (Å²) in [6.07, 6.45) is 2.22. The Morgan fingerprint density at radius 2 is 2.03 bits per heavy atom. The fourth-order valence-electron chi connectivity index (χ4n) is 3.08. The third-order valence-electron chi connectivity index (χ3n) is 4.45. The Bertz CT molecular complexity index is 1040. The number of ether oxygens (including phenoxy) is 2. The SMILES string of the molecule is O=C1COCC(Cc2ccc(Oc3ccc(/C=C4/SC(=S)NC4=O)cc3F)cc2)N1. The fourth-order valence-corrected chi connectivity index (χ4v) is 4.13. The minimum Gasteiger partial charge on any atom is -0.454 e. The quantitative estimate of drug-likeness (QED) is 0.545. The monoisotopic (exact) mass is 444 g/mol. The van der Waals surface area contributed by atoms with E-state index < -0.39 is 5.82 Å². The van der Waals surface area contributed by atoms with Crippen LogP contribution in [-0.2, 0) is 20.7 Å². The number of benzene rings is 2. The summed E-state index contributed by atoms with van der Waals surface area (Å²) in [5.74, 6) is -0.372. The van der Waals surface area contributed by atoms with Crippen molar-refractivity contribution >= 4 is 46.2 Å². The molecule has 0 bridgehead atoms. The minimum absolute atomic E-state index is 0.0633. The standard InChI is InChI=1S/C21H17FN2O4S2/c22-16-8-13(9-18-20(26)24-21(29)30-18)3-6-17(16)28-15-4-1-12(2-5-15)7-14-10-27-11-19(25)23-14/h1-6,8-9,14H,7,10-11H2,(H,23,25)(H,24,26,29)/b18-9+. The second-order valence-corrected chi connectivity index (χ2v) is 8.49. The second kappa shape index (κ2) is 8.95. The summed E-state index contributed by atoms with van der Waals surface area (Å²) in [7, 11) is 0. The number of carbonyl (C=O) groups excluding carboxylic acids is 2. The first-order valence-electron chi connectivity index (χ1n) is 9.14. The van der Waals surface area contributed by atoms with Gasteiger partial charge in [-0.1, -0.05) is 42.2 Å². The molecule has 0 aliphatic carbocycles. The van der Waals surface area contributed by atoms with Gasteiger partial charge >= 0.3 is 0 Å². The lowest BCUT2D eigenvalue weighted by Crippen LogP contribution is -2.46. The number of thiocarbonyl (C=S) groups is 1. The van der Waals surface area contributed by atoms with Crippen LogP contribution in [0.3, 0.4) is 0 Å². The van der Waals surface area contributed by atoms with Gasteiger partial charge in [0.25, 0.3) is 5.91 Å². The Balaban J connectivity index is 1.40. The summed E-state index contributed by atoms with van der Waals surface area (Å²) < 4.78 is 25.7. The molecule has 4 rings (SSSR count). The topological polar surface area (TPSA) is 76.7 Å². The first kappa shape index (κ1) is 20.5. The predicted octanol–water partition coefficient (Wildman–Crippen LogP) is 3.16. The Hall–Kier alpha value is -2.75. The molecule has 1 atom stereocenters. The van der Waals surface area contributed by atoms with E-state index in [9.17, 15) is 14.0 Å². The maximum atomic E-state index is 14.5. The summed E-state index contributed by atoms with van der Waals surface area (Å²) in [6.45, 7) is 0.577. The van der Waals surface area contributed by atoms with E-state index in [-0.39, 0.29) is 30.2 Å². The molecular weight excluding hydrogens is 427 g/mol. The largest absolute Gasteiger partial charge is 0.454 e. The number of nitrogens with one attached hydrogen (secondary N) is 2. The van der Waals surface area contributed by atoms with Crippen LogP contribution in [0.1, 0.15) is 11.1 Å². The number of thioether (sulfide) groups is 1. The summed E-state index contributed by atoms with van der Waals surface area (Å²) in [5, 5.41) is 5.40. The highest BCUT2D eigenvalue weighted by Gasteiger charge is 2.22. The molecule has 2 heterocycles. The van der Waals surface area contributed by atoms with Gasteiger partial charge in [0.15, 0.2) is 11.6 Å². The van der Waals surface area contributed by atoms with Crippen LogP contribution in [-0.4, -0.2) is 35.4 Å². The zero-order valence-corrected chi connectivity index (χ0v) is 17.3. The molecular formula is C21H17FN2O4S2. The fraction of sp³-hybridized carbons (Fsp3) is 0.190. The number of hydrogen-bond donors (Lipinski definition) is 2. The number of rotatable bonds is 5. The highest BCUT2D eigenvalue weighted by molar-refractivity contribution is 8.26. The molecule has 2 aromatic rings. The average Bonchev–Trinajstić information content (AvgIpc) is 3.02. The zero-order chi connectivity index (χ0) is 21.1. The van der Waals surface area contributed by atoms with Gasteiger partial charge in [-0.25, -0.2) is 4.39 Å². The van der Waals surface area contributed by atoms with Gasteiger partial charge in [-0.15, -0.1) is 0 Å². The predicted molar refractivity (Wildman–Crippen MR) is 116 cm³/mol. The molecule has 0 spiro atoms. The molecule has 2 amide bonds. The molecule has 2 aliphatic heterocycles. The van der Waals surface area contributed by atoms with Crippen molar-refractivity contribution in [1.29, 1.82) is 0 Å². The van der Waals surface area contributed by atoms with Gasteiger partial charge in [0, 0.05) is 0 Å². The van der Waals surface area contributed by atoms with Crippen LogP contribution in [0.5, 0.6) is 11.5 Å². The molecule has 0 radical (unpaired) electrons. The lowest BCUT2D eigenvalue weighted by atomic mass is 10.1. The van der Waals surface area contributed by atoms with Crippen molar-refractivity contribution < 1.29 is 23.5 Å². The molecule has 1 unspecified atom stereocenters. The van der Waals surface area contributed by atoms with Gasteiger partial charge in [-0.05, 0) is 47.9 Å². The Kier molecular flexibility index (Phi) is 6.12. The molecule has 2 N–H and O–H groups in total. The van der Waals surface area contributed by atoms with Crippen molar-refractivity contribution in [3.63, 3.8) is 0 Å². The Morgan fingerprint density at radius 1 is 1.23 bits per heavy atom. The van der Waals surface area contributed by atoms with Crippen molar-refractivity contribution in [2.75, 3.05) is 13.2 Å². The third-order valence-corrected chi connectivity index (χ3v) is 5.61. The lowest BCUT2D eigenvalue weighted by Gasteiger charge is -2.23. The average molecular weight is 445 g/mol. The molecule has 154 valence electrons. The smallest absolute Gasteiger partial charge is 0.263 e. The Morgan fingerprint density at radius 3 is 2.70 bits per heavy atom. The first-order chi connectivity index (χ1) is 14.5. The van der Waals surface area contributed by atoms with Crippen LogP contribution in [0, 0.1) is 5.82 Å². The van der Waals surface area contributed by atoms with Crippen LogP contribution in [0.2, 0.25) is 0 Å². The summed E-state index contributed by atoms with van der Waals surface area (Å²) in [5.41, 5.74) is 1.54. The number of morpholine rings is 1. The van der Waals surface area contributed by atoms with E-state index in [2.05, 4.69) is 10.6 Å². The van der Waals surface area contributed by atoms with E-state index >= 15 is 0 Å². The lowest BCUT2D eigenvalue weighted by molar-refractivity contribution is -0.131. The van der Waals surface area contributed by atoms with E-state index in [1.807, 2.05) is 12.1 Å². The Labute approximate surface area is 181 Å². The second-order valence-electron chi connectivity index (χ2n) is 6.77. The van der Waals surface area contributed by atoms with Gasteiger partial charge in [0.1, 0.15) is 16.7 Å². The number of hydrogen-bond acceptors (Lipinski definition) is 6. The van der Waals surface area contributed by atoms with Crippen LogP contribution in [0.25, 0.3) is 6.08 Å². The number of carbonyl (C=O) groups is 2. The molecule has 2 fully saturated rings. The minimum atomic E-state index is -0.540. The molecule has 0 saturated carbocycles. The highest BCUT2D eigenvalue weighted by Crippen LogP contribution is 2.29. The summed E-state index contributed by atoms with van der Waals surface area (Å²) in [6, 6.07) is 11.6. The van der Waals surface area contributed by atoms with Gasteiger partial charge in [-0.3, -0.25) is 9.59 Å². The first-order valence-corrected chi connectivity index (χ1v) is 10.4. The molecule has 2 aromatic carbocycles. The van der Waals surface area contributed by atoms with E-state index in [1.165, 1.54) is 12.1 Å². The third kappa shape index (κ3) is 5.05. The summed E-state index contributed by atoms with van der Waals surface area (Å²) in [4.78, 5) is 23.5. The van der Waals surface area contributed by atoms with Gasteiger partial charge in [-0.2, -0.15) is 0 Å². The summed E-state index contributed by atoms with van der Waals surface area (Å²) >= 11 is 6.08. The van der Waals surface area contributed by atoms with Gasteiger partial charge in [0.05, 0.1) is 17.6 Å². The van der Waals surface area contributed by atoms with Crippen molar-refractivity contribution in [2.45, 2.75) is 12.5 Å². The van der Waals surface area contributed by atoms with E-state index in [0.717, 1.165) is 17.3 Å². The molecule has 9 heteroatoms. The molecule has 6 nitrogen and oxygen atoms in total. The molecule has 2 aliphatic rings. The van der Waals surface area contributed by atoms with Crippen molar-refractivity contribution in [2.24, 2.45) is 0 Å². The van der Waals surface area contributed by atoms with Crippen molar-refractivity contribution in [3.05, 3.63) is 64.3 Å². The molecule has 2 saturated heterocycles. The maximum Gasteiger partial charge on any atom is 0.263 e.